The lowest BCUT2D eigenvalue weighted by Crippen LogP contribution is -1.98. The first-order valence-corrected chi connectivity index (χ1v) is 8.34. The van der Waals surface area contributed by atoms with Crippen molar-refractivity contribution in [2.45, 2.75) is 6.61 Å². The molecule has 25 heavy (non-hydrogen) atoms. The standard InChI is InChI=1S/C22H17ClO2/c23-20-12-6-4-11-19(20)16-25-22-13-7-5-10-18(22)14-15-21(24)17-8-2-1-3-9-17/h1-15H,16H2/b15-14+. The van der Waals surface area contributed by atoms with E-state index in [9.17, 15) is 4.79 Å². The number of ketones is 1. The van der Waals surface area contributed by atoms with Gasteiger partial charge in [-0.15, -0.1) is 0 Å². The lowest BCUT2D eigenvalue weighted by atomic mass is 10.1. The maximum atomic E-state index is 12.2. The molecule has 124 valence electrons. The molecule has 2 nitrogen and oxygen atoms in total. The van der Waals surface area contributed by atoms with Crippen LogP contribution in [0, 0.1) is 0 Å². The molecule has 0 heterocycles. The Bertz CT molecular complexity index is 885. The van der Waals surface area contributed by atoms with Gasteiger partial charge >= 0.3 is 0 Å². The van der Waals surface area contributed by atoms with Crippen LogP contribution in [0.25, 0.3) is 6.08 Å². The van der Waals surface area contributed by atoms with Gasteiger partial charge in [0, 0.05) is 21.7 Å². The Balaban J connectivity index is 1.74. The molecule has 0 aliphatic rings. The van der Waals surface area contributed by atoms with Crippen molar-refractivity contribution >= 4 is 23.5 Å². The maximum absolute atomic E-state index is 12.2. The summed E-state index contributed by atoms with van der Waals surface area (Å²) in [5.41, 5.74) is 2.43. The van der Waals surface area contributed by atoms with Crippen molar-refractivity contribution in [2.24, 2.45) is 0 Å². The van der Waals surface area contributed by atoms with Gasteiger partial charge in [0.2, 0.25) is 0 Å². The topological polar surface area (TPSA) is 26.3 Å². The van der Waals surface area contributed by atoms with Crippen LogP contribution in [-0.2, 0) is 6.61 Å². The van der Waals surface area contributed by atoms with Crippen molar-refractivity contribution in [3.63, 3.8) is 0 Å². The second-order valence-electron chi connectivity index (χ2n) is 5.48. The zero-order chi connectivity index (χ0) is 17.5. The van der Waals surface area contributed by atoms with Gasteiger partial charge < -0.3 is 4.74 Å². The van der Waals surface area contributed by atoms with Gasteiger partial charge in [-0.2, -0.15) is 0 Å². The van der Waals surface area contributed by atoms with Crippen LogP contribution in [0.3, 0.4) is 0 Å². The molecule has 0 atom stereocenters. The number of carbonyl (C=O) groups excluding carboxylic acids is 1. The summed E-state index contributed by atoms with van der Waals surface area (Å²) >= 11 is 6.16. The summed E-state index contributed by atoms with van der Waals surface area (Å²) in [6, 6.07) is 24.4. The van der Waals surface area contributed by atoms with E-state index < -0.39 is 0 Å². The van der Waals surface area contributed by atoms with Crippen molar-refractivity contribution < 1.29 is 9.53 Å². The highest BCUT2D eigenvalue weighted by Gasteiger charge is 2.05. The molecule has 3 heteroatoms. The zero-order valence-corrected chi connectivity index (χ0v) is 14.3. The summed E-state index contributed by atoms with van der Waals surface area (Å²) in [4.78, 5) is 12.2. The highest BCUT2D eigenvalue weighted by molar-refractivity contribution is 6.31. The second kappa shape index (κ2) is 8.32. The predicted molar refractivity (Wildman–Crippen MR) is 102 cm³/mol. The molecule has 0 N–H and O–H groups in total. The van der Waals surface area contributed by atoms with E-state index in [0.717, 1.165) is 11.1 Å². The van der Waals surface area contributed by atoms with E-state index in [-0.39, 0.29) is 5.78 Å². The van der Waals surface area contributed by atoms with E-state index in [2.05, 4.69) is 0 Å². The average molecular weight is 349 g/mol. The van der Waals surface area contributed by atoms with Crippen LogP contribution < -0.4 is 4.74 Å². The molecular weight excluding hydrogens is 332 g/mol. The van der Waals surface area contributed by atoms with Crippen molar-refractivity contribution in [3.05, 3.63) is 107 Å². The van der Waals surface area contributed by atoms with Gasteiger partial charge in [-0.1, -0.05) is 78.3 Å². The Morgan fingerprint density at radius 3 is 2.36 bits per heavy atom. The molecular formula is C22H17ClO2. The molecule has 0 aliphatic carbocycles. The van der Waals surface area contributed by atoms with Crippen molar-refractivity contribution in [1.82, 2.24) is 0 Å². The van der Waals surface area contributed by atoms with Gasteiger partial charge in [0.05, 0.1) is 0 Å². The van der Waals surface area contributed by atoms with Crippen molar-refractivity contribution in [2.75, 3.05) is 0 Å². The number of para-hydroxylation sites is 1. The minimum atomic E-state index is -0.0403. The Morgan fingerprint density at radius 1 is 0.880 bits per heavy atom. The minimum Gasteiger partial charge on any atom is -0.488 e. The van der Waals surface area contributed by atoms with E-state index in [0.29, 0.717) is 22.9 Å². The van der Waals surface area contributed by atoms with E-state index in [4.69, 9.17) is 16.3 Å². The van der Waals surface area contributed by atoms with Crippen LogP contribution >= 0.6 is 11.6 Å². The maximum Gasteiger partial charge on any atom is 0.185 e. The smallest absolute Gasteiger partial charge is 0.185 e. The first-order chi connectivity index (χ1) is 12.2. The number of hydrogen-bond acceptors (Lipinski definition) is 2. The summed E-state index contributed by atoms with van der Waals surface area (Å²) in [6.45, 7) is 0.372. The summed E-state index contributed by atoms with van der Waals surface area (Å²) < 4.78 is 5.90. The lowest BCUT2D eigenvalue weighted by molar-refractivity contribution is 0.104. The number of rotatable bonds is 6. The number of ether oxygens (including phenoxy) is 1. The second-order valence-corrected chi connectivity index (χ2v) is 5.89. The molecule has 0 aromatic heterocycles. The highest BCUT2D eigenvalue weighted by atomic mass is 35.5. The van der Waals surface area contributed by atoms with Gasteiger partial charge in [-0.05, 0) is 24.3 Å². The average Bonchev–Trinajstić information content (AvgIpc) is 2.67. The van der Waals surface area contributed by atoms with Gasteiger partial charge in [0.1, 0.15) is 12.4 Å². The van der Waals surface area contributed by atoms with Crippen molar-refractivity contribution in [1.29, 1.82) is 0 Å². The summed E-state index contributed by atoms with van der Waals surface area (Å²) in [6.07, 6.45) is 3.34. The third kappa shape index (κ3) is 4.59. The first-order valence-electron chi connectivity index (χ1n) is 7.97. The number of carbonyl (C=O) groups is 1. The fourth-order valence-corrected chi connectivity index (χ4v) is 2.58. The Morgan fingerprint density at radius 2 is 1.56 bits per heavy atom. The predicted octanol–water partition coefficient (Wildman–Crippen LogP) is 5.82. The normalized spacial score (nSPS) is 10.8. The largest absolute Gasteiger partial charge is 0.488 e. The SMILES string of the molecule is O=C(/C=C/c1ccccc1OCc1ccccc1Cl)c1ccccc1. The van der Waals surface area contributed by atoms with Crippen LogP contribution in [-0.4, -0.2) is 5.78 Å². The number of hydrogen-bond donors (Lipinski definition) is 0. The summed E-state index contributed by atoms with van der Waals surface area (Å²) in [7, 11) is 0. The molecule has 0 amide bonds. The molecule has 3 aromatic rings. The molecule has 0 saturated carbocycles. The Hall–Kier alpha value is -2.84. The lowest BCUT2D eigenvalue weighted by Gasteiger charge is -2.10. The third-order valence-corrected chi connectivity index (χ3v) is 4.10. The van der Waals surface area contributed by atoms with Crippen LogP contribution in [0.15, 0.2) is 84.9 Å². The molecule has 3 rings (SSSR count). The highest BCUT2D eigenvalue weighted by Crippen LogP contribution is 2.23. The quantitative estimate of drug-likeness (QED) is 0.414. The number of halogens is 1. The Kier molecular flexibility index (Phi) is 5.65. The fraction of sp³-hybridized carbons (Fsp3) is 0.0455. The molecule has 0 spiro atoms. The molecule has 0 aliphatic heterocycles. The minimum absolute atomic E-state index is 0.0403. The number of benzene rings is 3. The molecule has 0 saturated heterocycles. The van der Waals surface area contributed by atoms with E-state index in [1.807, 2.05) is 66.7 Å². The first kappa shape index (κ1) is 17.0. The van der Waals surface area contributed by atoms with E-state index >= 15 is 0 Å². The van der Waals surface area contributed by atoms with Crippen LogP contribution in [0.5, 0.6) is 5.75 Å². The van der Waals surface area contributed by atoms with Gasteiger partial charge in [0.15, 0.2) is 5.78 Å². The zero-order valence-electron chi connectivity index (χ0n) is 13.6. The molecule has 0 fully saturated rings. The third-order valence-electron chi connectivity index (χ3n) is 3.73. The summed E-state index contributed by atoms with van der Waals surface area (Å²) in [5, 5.41) is 0.676. The molecule has 0 bridgehead atoms. The van der Waals surface area contributed by atoms with E-state index in [1.165, 1.54) is 0 Å². The number of allylic oxidation sites excluding steroid dienone is 1. The van der Waals surface area contributed by atoms with Crippen molar-refractivity contribution in [3.8, 4) is 5.75 Å². The van der Waals surface area contributed by atoms with Gasteiger partial charge in [-0.3, -0.25) is 4.79 Å². The van der Waals surface area contributed by atoms with Crippen LogP contribution in [0.4, 0.5) is 0 Å². The Labute approximate surface area is 152 Å². The van der Waals surface area contributed by atoms with Crippen LogP contribution in [0.1, 0.15) is 21.5 Å². The fourth-order valence-electron chi connectivity index (χ4n) is 2.38. The monoisotopic (exact) mass is 348 g/mol. The molecule has 0 radical (unpaired) electrons. The summed E-state index contributed by atoms with van der Waals surface area (Å²) in [5.74, 6) is 0.668. The van der Waals surface area contributed by atoms with E-state index in [1.54, 1.807) is 24.3 Å². The van der Waals surface area contributed by atoms with Crippen LogP contribution in [0.2, 0.25) is 5.02 Å². The van der Waals surface area contributed by atoms with Gasteiger partial charge in [0.25, 0.3) is 0 Å². The van der Waals surface area contributed by atoms with Gasteiger partial charge in [-0.25, -0.2) is 0 Å². The molecule has 0 unspecified atom stereocenters. The molecule has 3 aromatic carbocycles.